The number of nitrogens with zero attached hydrogens (tertiary/aromatic N) is 3. The van der Waals surface area contributed by atoms with Crippen molar-refractivity contribution in [3.05, 3.63) is 53.3 Å². The number of guanidine groups is 2. The number of carbonyl (C=O) groups excluding carboxylic acids is 2. The quantitative estimate of drug-likeness (QED) is 0.180. The molecule has 6 rings (SSSR count). The zero-order valence-electron chi connectivity index (χ0n) is 24.4. The molecule has 5 heterocycles. The van der Waals surface area contributed by atoms with Crippen LogP contribution in [0.15, 0.2) is 41.5 Å². The van der Waals surface area contributed by atoms with Crippen molar-refractivity contribution in [3.63, 3.8) is 0 Å². The molecule has 14 heteroatoms. The van der Waals surface area contributed by atoms with E-state index in [1.807, 2.05) is 19.1 Å². The second-order valence-electron chi connectivity index (χ2n) is 11.9. The Morgan fingerprint density at radius 2 is 2.07 bits per heavy atom. The van der Waals surface area contributed by atoms with Gasteiger partial charge in [-0.2, -0.15) is 0 Å². The summed E-state index contributed by atoms with van der Waals surface area (Å²) in [6.45, 7) is 7.39. The smallest absolute Gasteiger partial charge is 0.343 e. The molecule has 14 nitrogen and oxygen atoms in total. The SMILES string of the molecule is CCOc1ccc(C(=O)NC[C@@H]2N=C(N)N3CC(NC(=O)c4cccc5c4OCCC5(C)C)[C@@H](O)[C@@]34NC(N)=[NH+][C@@H]24)nc1. The van der Waals surface area contributed by atoms with E-state index in [2.05, 4.69) is 44.8 Å². The lowest BCUT2D eigenvalue weighted by atomic mass is 9.79. The van der Waals surface area contributed by atoms with Gasteiger partial charge in [0, 0.05) is 18.7 Å². The molecule has 9 N–H and O–H groups in total. The fourth-order valence-corrected chi connectivity index (χ4v) is 6.54. The number of ether oxygens (including phenoxy) is 2. The lowest BCUT2D eigenvalue weighted by Gasteiger charge is -2.43. The molecule has 1 spiro atoms. The molecule has 1 unspecified atom stereocenters. The zero-order valence-corrected chi connectivity index (χ0v) is 24.4. The predicted molar refractivity (Wildman–Crippen MR) is 157 cm³/mol. The molecule has 2 amide bonds. The Labute approximate surface area is 248 Å². The number of carbonyl (C=O) groups is 2. The van der Waals surface area contributed by atoms with Crippen LogP contribution in [-0.2, 0) is 5.41 Å². The van der Waals surface area contributed by atoms with Crippen LogP contribution in [0.2, 0.25) is 0 Å². The molecule has 0 bridgehead atoms. The number of aliphatic imine (C=N–C) groups is 1. The first-order valence-corrected chi connectivity index (χ1v) is 14.5. The average molecular weight is 593 g/mol. The van der Waals surface area contributed by atoms with Crippen LogP contribution in [0.3, 0.4) is 0 Å². The van der Waals surface area contributed by atoms with E-state index in [1.165, 1.54) is 6.20 Å². The number of aromatic nitrogens is 1. The van der Waals surface area contributed by atoms with Crippen molar-refractivity contribution in [1.82, 2.24) is 25.8 Å². The van der Waals surface area contributed by atoms with Crippen molar-refractivity contribution in [1.29, 1.82) is 0 Å². The third-order valence-corrected chi connectivity index (χ3v) is 8.77. The molecule has 1 aromatic heterocycles. The van der Waals surface area contributed by atoms with Crippen molar-refractivity contribution >= 4 is 23.7 Å². The maximum Gasteiger partial charge on any atom is 0.343 e. The molecule has 1 fully saturated rings. The first-order chi connectivity index (χ1) is 20.5. The zero-order chi connectivity index (χ0) is 30.5. The predicted octanol–water partition coefficient (Wildman–Crippen LogP) is -2.49. The van der Waals surface area contributed by atoms with Gasteiger partial charge >= 0.3 is 5.96 Å². The number of pyridine rings is 1. The maximum absolute atomic E-state index is 13.6. The number of benzene rings is 1. The number of amides is 2. The van der Waals surface area contributed by atoms with E-state index >= 15 is 0 Å². The van der Waals surface area contributed by atoms with Crippen LogP contribution in [0.25, 0.3) is 0 Å². The van der Waals surface area contributed by atoms with E-state index in [-0.39, 0.29) is 42.0 Å². The molecule has 5 atom stereocenters. The van der Waals surface area contributed by atoms with Crippen LogP contribution in [0.1, 0.15) is 53.6 Å². The van der Waals surface area contributed by atoms with Crippen molar-refractivity contribution in [3.8, 4) is 11.5 Å². The Hall–Kier alpha value is -4.59. The van der Waals surface area contributed by atoms with E-state index in [9.17, 15) is 14.7 Å². The topological polar surface area (TPSA) is 203 Å². The Morgan fingerprint density at radius 3 is 2.81 bits per heavy atom. The first-order valence-electron chi connectivity index (χ1n) is 14.5. The van der Waals surface area contributed by atoms with Gasteiger partial charge in [-0.15, -0.1) is 0 Å². The number of rotatable bonds is 7. The highest BCUT2D eigenvalue weighted by Gasteiger charge is 2.68. The number of hydrogen-bond donors (Lipinski definition) is 7. The van der Waals surface area contributed by atoms with Crippen molar-refractivity contribution in [2.24, 2.45) is 16.5 Å². The van der Waals surface area contributed by atoms with E-state index in [1.54, 1.807) is 23.1 Å². The van der Waals surface area contributed by atoms with Gasteiger partial charge in [0.1, 0.15) is 29.3 Å². The average Bonchev–Trinajstić information content (AvgIpc) is 3.47. The molecular formula is C29H38N9O5+. The highest BCUT2D eigenvalue weighted by Crippen LogP contribution is 2.41. The van der Waals surface area contributed by atoms with Crippen molar-refractivity contribution in [2.45, 2.75) is 62.5 Å². The standard InChI is InChI=1S/C29H37N9O5/c1-4-42-15-8-9-18(32-12-15)25(41)33-13-19-22-29(37-26(30)36-22)23(39)20(14-38(29)27(31)35-19)34-24(40)16-6-5-7-17-21(16)43-11-10-28(17,2)3/h5-9,12,19-20,22-23,39H,4,10-11,13-14H2,1-3H3,(H2,31,35)(H,33,41)(H,34,40)(H3,30,36,37)/p+1/t19-,20?,22-,23+,29-/m0/s1. The van der Waals surface area contributed by atoms with Gasteiger partial charge in [-0.05, 0) is 37.0 Å². The van der Waals surface area contributed by atoms with E-state index in [0.717, 1.165) is 12.0 Å². The van der Waals surface area contributed by atoms with Gasteiger partial charge < -0.3 is 35.8 Å². The number of hydrogen-bond acceptors (Lipinski definition) is 11. The van der Waals surface area contributed by atoms with Crippen LogP contribution >= 0.6 is 0 Å². The summed E-state index contributed by atoms with van der Waals surface area (Å²) < 4.78 is 11.3. The van der Waals surface area contributed by atoms with E-state index in [4.69, 9.17) is 20.9 Å². The summed E-state index contributed by atoms with van der Waals surface area (Å²) in [6.07, 6.45) is 1.19. The third kappa shape index (κ3) is 4.75. The number of nitrogens with one attached hydrogen (secondary N) is 4. The molecule has 0 saturated carbocycles. The summed E-state index contributed by atoms with van der Waals surface area (Å²) in [4.78, 5) is 40.1. The van der Waals surface area contributed by atoms with Gasteiger partial charge in [-0.3, -0.25) is 20.3 Å². The van der Waals surface area contributed by atoms with E-state index < -0.39 is 35.8 Å². The van der Waals surface area contributed by atoms with Crippen LogP contribution in [-0.4, -0.2) is 94.9 Å². The van der Waals surface area contributed by atoms with Gasteiger partial charge in [0.15, 0.2) is 12.0 Å². The summed E-state index contributed by atoms with van der Waals surface area (Å²) in [5.74, 6) is 0.745. The van der Waals surface area contributed by atoms with Crippen LogP contribution in [0.5, 0.6) is 11.5 Å². The summed E-state index contributed by atoms with van der Waals surface area (Å²) in [7, 11) is 0. The summed E-state index contributed by atoms with van der Waals surface area (Å²) in [5.41, 5.74) is 12.9. The normalized spacial score (nSPS) is 28.2. The number of para-hydroxylation sites is 1. The molecule has 2 aromatic rings. The molecule has 4 aliphatic rings. The summed E-state index contributed by atoms with van der Waals surface area (Å²) in [6, 6.07) is 6.89. The number of aliphatic hydroxyl groups is 1. The molecule has 43 heavy (non-hydrogen) atoms. The Bertz CT molecular complexity index is 1490. The number of aliphatic hydroxyl groups excluding tert-OH is 1. The molecular weight excluding hydrogens is 554 g/mol. The summed E-state index contributed by atoms with van der Waals surface area (Å²) >= 11 is 0. The Kier molecular flexibility index (Phi) is 7.03. The molecule has 1 aromatic carbocycles. The highest BCUT2D eigenvalue weighted by molar-refractivity contribution is 5.98. The van der Waals surface area contributed by atoms with Gasteiger partial charge in [0.05, 0.1) is 31.0 Å². The number of fused-ring (bicyclic) bond motifs is 1. The fraction of sp³-hybridized carbons (Fsp3) is 0.483. The summed E-state index contributed by atoms with van der Waals surface area (Å²) in [5, 5.41) is 20.8. The Balaban J connectivity index is 1.20. The third-order valence-electron chi connectivity index (χ3n) is 8.77. The van der Waals surface area contributed by atoms with Crippen molar-refractivity contribution in [2.75, 3.05) is 26.3 Å². The van der Waals surface area contributed by atoms with Crippen LogP contribution in [0, 0.1) is 0 Å². The second-order valence-corrected chi connectivity index (χ2v) is 11.9. The monoisotopic (exact) mass is 592 g/mol. The van der Waals surface area contributed by atoms with Gasteiger partial charge in [0.25, 0.3) is 11.8 Å². The highest BCUT2D eigenvalue weighted by atomic mass is 16.5. The van der Waals surface area contributed by atoms with Crippen LogP contribution in [0.4, 0.5) is 0 Å². The van der Waals surface area contributed by atoms with Crippen LogP contribution < -0.4 is 41.9 Å². The van der Waals surface area contributed by atoms with E-state index in [0.29, 0.717) is 30.3 Å². The second kappa shape index (κ2) is 10.6. The lowest BCUT2D eigenvalue weighted by molar-refractivity contribution is -0.513. The minimum Gasteiger partial charge on any atom is -0.492 e. The van der Waals surface area contributed by atoms with Gasteiger partial charge in [-0.1, -0.05) is 26.0 Å². The van der Waals surface area contributed by atoms with Gasteiger partial charge in [0.2, 0.25) is 5.66 Å². The maximum atomic E-state index is 13.6. The number of nitrogens with two attached hydrogens (primary N) is 2. The van der Waals surface area contributed by atoms with Gasteiger partial charge in [-0.25, -0.2) is 15.3 Å². The Morgan fingerprint density at radius 1 is 1.26 bits per heavy atom. The molecule has 0 radical (unpaired) electrons. The lowest BCUT2D eigenvalue weighted by Crippen LogP contribution is -2.88. The largest absolute Gasteiger partial charge is 0.492 e. The molecule has 1 saturated heterocycles. The minimum atomic E-state index is -1.21. The van der Waals surface area contributed by atoms with Crippen molar-refractivity contribution < 1.29 is 29.2 Å². The molecule has 0 aliphatic carbocycles. The molecule has 4 aliphatic heterocycles. The first kappa shape index (κ1) is 28.5. The minimum absolute atomic E-state index is 0.0870. The molecule has 228 valence electrons. The fourth-order valence-electron chi connectivity index (χ4n) is 6.54.